The van der Waals surface area contributed by atoms with Gasteiger partial charge in [-0.1, -0.05) is 18.2 Å². The SMILES string of the molecule is CNc1nc(N/N=C/c2cc3c(cc2Br)OCO3)nc(Nc2ccccc2)n1. The van der Waals surface area contributed by atoms with E-state index in [2.05, 4.69) is 52.0 Å². The van der Waals surface area contributed by atoms with Gasteiger partial charge in [0, 0.05) is 22.8 Å². The van der Waals surface area contributed by atoms with Gasteiger partial charge in [0.1, 0.15) is 0 Å². The first kappa shape index (κ1) is 18.0. The lowest BCUT2D eigenvalue weighted by Crippen LogP contribution is -2.07. The van der Waals surface area contributed by atoms with Crippen LogP contribution in [0.4, 0.5) is 23.5 Å². The van der Waals surface area contributed by atoms with Crippen molar-refractivity contribution in [1.82, 2.24) is 15.0 Å². The Morgan fingerprint density at radius 2 is 1.71 bits per heavy atom. The normalized spacial score (nSPS) is 12.2. The molecule has 0 radical (unpaired) electrons. The third-order valence-corrected chi connectivity index (χ3v) is 4.44. The molecule has 0 unspecified atom stereocenters. The average Bonchev–Trinajstić information content (AvgIpc) is 3.16. The lowest BCUT2D eigenvalue weighted by atomic mass is 10.2. The molecule has 0 amide bonds. The first-order chi connectivity index (χ1) is 13.7. The van der Waals surface area contributed by atoms with E-state index < -0.39 is 0 Å². The highest BCUT2D eigenvalue weighted by Gasteiger charge is 2.15. The number of hydrogen-bond donors (Lipinski definition) is 3. The Hall–Kier alpha value is -3.40. The highest BCUT2D eigenvalue weighted by molar-refractivity contribution is 9.10. The summed E-state index contributed by atoms with van der Waals surface area (Å²) < 4.78 is 11.6. The van der Waals surface area contributed by atoms with Crippen LogP contribution in [0.3, 0.4) is 0 Å². The number of nitrogens with one attached hydrogen (secondary N) is 3. The van der Waals surface area contributed by atoms with Crippen molar-refractivity contribution in [3.63, 3.8) is 0 Å². The van der Waals surface area contributed by atoms with E-state index in [1.165, 1.54) is 0 Å². The number of ether oxygens (including phenoxy) is 2. The fourth-order valence-electron chi connectivity index (χ4n) is 2.44. The molecule has 0 atom stereocenters. The first-order valence-corrected chi connectivity index (χ1v) is 9.15. The summed E-state index contributed by atoms with van der Waals surface area (Å²) in [7, 11) is 1.73. The molecule has 0 spiro atoms. The molecule has 3 N–H and O–H groups in total. The van der Waals surface area contributed by atoms with Crippen LogP contribution < -0.4 is 25.5 Å². The van der Waals surface area contributed by atoms with E-state index in [1.54, 1.807) is 13.3 Å². The van der Waals surface area contributed by atoms with Gasteiger partial charge in [-0.15, -0.1) is 0 Å². The van der Waals surface area contributed by atoms with Crippen molar-refractivity contribution >= 4 is 45.7 Å². The Kier molecular flexibility index (Phi) is 5.20. The summed E-state index contributed by atoms with van der Waals surface area (Å²) in [6.07, 6.45) is 1.64. The third-order valence-electron chi connectivity index (χ3n) is 3.75. The molecule has 0 bridgehead atoms. The second-order valence-electron chi connectivity index (χ2n) is 5.64. The summed E-state index contributed by atoms with van der Waals surface area (Å²) >= 11 is 3.49. The molecule has 10 heteroatoms. The van der Waals surface area contributed by atoms with E-state index in [9.17, 15) is 0 Å². The van der Waals surface area contributed by atoms with Gasteiger partial charge in [-0.3, -0.25) is 0 Å². The zero-order valence-electron chi connectivity index (χ0n) is 14.8. The summed E-state index contributed by atoms with van der Waals surface area (Å²) in [5.41, 5.74) is 4.51. The van der Waals surface area contributed by atoms with Gasteiger partial charge in [0.25, 0.3) is 0 Å². The zero-order chi connectivity index (χ0) is 19.3. The molecular formula is C18H16BrN7O2. The Morgan fingerprint density at radius 3 is 2.50 bits per heavy atom. The van der Waals surface area contributed by atoms with Crippen molar-refractivity contribution in [2.24, 2.45) is 5.10 Å². The number of anilines is 4. The van der Waals surface area contributed by atoms with E-state index in [4.69, 9.17) is 9.47 Å². The van der Waals surface area contributed by atoms with Gasteiger partial charge in [-0.05, 0) is 40.2 Å². The van der Waals surface area contributed by atoms with Gasteiger partial charge in [-0.2, -0.15) is 20.1 Å². The summed E-state index contributed by atoms with van der Waals surface area (Å²) in [5.74, 6) is 2.48. The maximum absolute atomic E-state index is 5.39. The molecule has 1 aliphatic rings. The predicted octanol–water partition coefficient (Wildman–Crippen LogP) is 3.59. The van der Waals surface area contributed by atoms with Crippen LogP contribution in [0, 0.1) is 0 Å². The second kappa shape index (κ2) is 8.09. The summed E-state index contributed by atoms with van der Waals surface area (Å²) in [6, 6.07) is 13.3. The number of rotatable bonds is 6. The largest absolute Gasteiger partial charge is 0.454 e. The van der Waals surface area contributed by atoms with E-state index in [1.807, 2.05) is 42.5 Å². The molecule has 142 valence electrons. The van der Waals surface area contributed by atoms with E-state index in [-0.39, 0.29) is 6.79 Å². The summed E-state index contributed by atoms with van der Waals surface area (Å²) in [5, 5.41) is 10.3. The maximum atomic E-state index is 5.39. The molecule has 1 aromatic heterocycles. The molecule has 0 aliphatic carbocycles. The van der Waals surface area contributed by atoms with Gasteiger partial charge in [0.2, 0.25) is 24.6 Å². The number of aromatic nitrogens is 3. The second-order valence-corrected chi connectivity index (χ2v) is 6.50. The summed E-state index contributed by atoms with van der Waals surface area (Å²) in [4.78, 5) is 12.9. The van der Waals surface area contributed by atoms with Crippen molar-refractivity contribution in [1.29, 1.82) is 0 Å². The Balaban J connectivity index is 1.51. The predicted molar refractivity (Wildman–Crippen MR) is 111 cm³/mol. The molecule has 4 rings (SSSR count). The molecule has 9 nitrogen and oxygen atoms in total. The number of para-hydroxylation sites is 1. The maximum Gasteiger partial charge on any atom is 0.250 e. The average molecular weight is 442 g/mol. The Bertz CT molecular complexity index is 1010. The molecule has 0 saturated carbocycles. The number of nitrogens with zero attached hydrogens (tertiary/aromatic N) is 4. The lowest BCUT2D eigenvalue weighted by Gasteiger charge is -2.08. The molecular weight excluding hydrogens is 426 g/mol. The number of halogens is 1. The number of fused-ring (bicyclic) bond motifs is 1. The smallest absolute Gasteiger partial charge is 0.250 e. The van der Waals surface area contributed by atoms with Gasteiger partial charge in [-0.25, -0.2) is 5.43 Å². The minimum Gasteiger partial charge on any atom is -0.454 e. The number of hydrogen-bond acceptors (Lipinski definition) is 9. The van der Waals surface area contributed by atoms with Crippen LogP contribution in [0.15, 0.2) is 52.0 Å². The van der Waals surface area contributed by atoms with E-state index in [0.29, 0.717) is 29.3 Å². The quantitative estimate of drug-likeness (QED) is 0.393. The van der Waals surface area contributed by atoms with E-state index >= 15 is 0 Å². The molecule has 2 aromatic carbocycles. The first-order valence-electron chi connectivity index (χ1n) is 8.35. The third kappa shape index (κ3) is 4.12. The van der Waals surface area contributed by atoms with Crippen molar-refractivity contribution in [2.75, 3.05) is 29.9 Å². The zero-order valence-corrected chi connectivity index (χ0v) is 16.4. The highest BCUT2D eigenvalue weighted by atomic mass is 79.9. The van der Waals surface area contributed by atoms with Gasteiger partial charge in [0.05, 0.1) is 6.21 Å². The summed E-state index contributed by atoms with van der Waals surface area (Å²) in [6.45, 7) is 0.218. The molecule has 1 aliphatic heterocycles. The topological polar surface area (TPSA) is 106 Å². The Labute approximate surface area is 169 Å². The number of hydrazone groups is 1. The molecule has 3 aromatic rings. The van der Waals surface area contributed by atoms with E-state index in [0.717, 1.165) is 15.7 Å². The standard InChI is InChI=1S/C18H16BrN7O2/c1-20-16-23-17(22-12-5-3-2-4-6-12)25-18(24-16)26-21-9-11-7-14-15(8-13(11)19)28-10-27-14/h2-9H,10H2,1H3,(H3,20,22,23,24,25,26)/b21-9+. The molecule has 0 fully saturated rings. The van der Waals surface area contributed by atoms with Crippen LogP contribution in [0.1, 0.15) is 5.56 Å². The minimum absolute atomic E-state index is 0.218. The van der Waals surface area contributed by atoms with Gasteiger partial charge in [0.15, 0.2) is 11.5 Å². The minimum atomic E-state index is 0.218. The fourth-order valence-corrected chi connectivity index (χ4v) is 2.86. The monoisotopic (exact) mass is 441 g/mol. The van der Waals surface area contributed by atoms with Crippen molar-refractivity contribution in [3.05, 3.63) is 52.5 Å². The van der Waals surface area contributed by atoms with Crippen molar-refractivity contribution in [3.8, 4) is 11.5 Å². The van der Waals surface area contributed by atoms with Crippen LogP contribution in [0.2, 0.25) is 0 Å². The van der Waals surface area contributed by atoms with Crippen LogP contribution >= 0.6 is 15.9 Å². The van der Waals surface area contributed by atoms with Crippen LogP contribution in [-0.2, 0) is 0 Å². The molecule has 28 heavy (non-hydrogen) atoms. The number of benzene rings is 2. The molecule has 2 heterocycles. The van der Waals surface area contributed by atoms with Gasteiger partial charge >= 0.3 is 0 Å². The van der Waals surface area contributed by atoms with Crippen molar-refractivity contribution < 1.29 is 9.47 Å². The van der Waals surface area contributed by atoms with Crippen LogP contribution in [0.25, 0.3) is 0 Å². The van der Waals surface area contributed by atoms with Crippen LogP contribution in [0.5, 0.6) is 11.5 Å². The highest BCUT2D eigenvalue weighted by Crippen LogP contribution is 2.36. The Morgan fingerprint density at radius 1 is 1.00 bits per heavy atom. The van der Waals surface area contributed by atoms with Crippen LogP contribution in [-0.4, -0.2) is 35.0 Å². The lowest BCUT2D eigenvalue weighted by molar-refractivity contribution is 0.174. The fraction of sp³-hybridized carbons (Fsp3) is 0.111. The van der Waals surface area contributed by atoms with Gasteiger partial charge < -0.3 is 20.1 Å². The van der Waals surface area contributed by atoms with Crippen molar-refractivity contribution in [2.45, 2.75) is 0 Å². The molecule has 0 saturated heterocycles.